The van der Waals surface area contributed by atoms with Crippen molar-refractivity contribution in [3.63, 3.8) is 0 Å². The maximum Gasteiger partial charge on any atom is 0.233 e. The average molecular weight is 217 g/mol. The molecule has 0 saturated carbocycles. The van der Waals surface area contributed by atoms with E-state index in [1.807, 2.05) is 0 Å². The van der Waals surface area contributed by atoms with Crippen LogP contribution in [0.1, 0.15) is 17.4 Å². The van der Waals surface area contributed by atoms with Gasteiger partial charge >= 0.3 is 0 Å². The number of methoxy groups -OCH3 is 1. The van der Waals surface area contributed by atoms with Gasteiger partial charge < -0.3 is 9.84 Å². The molecule has 0 amide bonds. The Morgan fingerprint density at radius 2 is 2.12 bits per heavy atom. The number of rotatable bonds is 3. The normalized spacial score (nSPS) is 12.1. The van der Waals surface area contributed by atoms with Crippen molar-refractivity contribution in [1.29, 1.82) is 0 Å². The molecule has 0 saturated heterocycles. The first kappa shape index (κ1) is 10.5. The Labute approximate surface area is 92.8 Å². The van der Waals surface area contributed by atoms with Crippen LogP contribution in [0.15, 0.2) is 36.7 Å². The first-order chi connectivity index (χ1) is 7.81. The Morgan fingerprint density at radius 1 is 1.25 bits per heavy atom. The van der Waals surface area contributed by atoms with Gasteiger partial charge in [-0.05, 0) is 12.1 Å². The zero-order chi connectivity index (χ0) is 11.4. The number of hydrogen-bond acceptors (Lipinski definition) is 5. The Balaban J connectivity index is 2.24. The van der Waals surface area contributed by atoms with Crippen molar-refractivity contribution in [2.24, 2.45) is 0 Å². The summed E-state index contributed by atoms with van der Waals surface area (Å²) in [6.45, 7) is 0. The predicted octanol–water partition coefficient (Wildman–Crippen LogP) is 0.962. The molecule has 0 aliphatic rings. The highest BCUT2D eigenvalue weighted by Crippen LogP contribution is 2.19. The summed E-state index contributed by atoms with van der Waals surface area (Å²) in [5, 5.41) is 17.6. The third-order valence-corrected chi connectivity index (χ3v) is 2.15. The molecule has 2 aromatic heterocycles. The van der Waals surface area contributed by atoms with Crippen molar-refractivity contribution in [3.05, 3.63) is 47.9 Å². The second-order valence-electron chi connectivity index (χ2n) is 3.19. The molecule has 2 heterocycles. The molecule has 5 heteroatoms. The Kier molecular flexibility index (Phi) is 3.07. The van der Waals surface area contributed by atoms with Crippen LogP contribution < -0.4 is 4.74 Å². The average Bonchev–Trinajstić information content (AvgIpc) is 2.39. The number of hydrogen-bond donors (Lipinski definition) is 1. The van der Waals surface area contributed by atoms with Crippen LogP contribution in [-0.4, -0.2) is 27.4 Å². The molecule has 5 nitrogen and oxygen atoms in total. The maximum absolute atomic E-state index is 9.97. The van der Waals surface area contributed by atoms with Crippen LogP contribution in [0.2, 0.25) is 0 Å². The lowest BCUT2D eigenvalue weighted by molar-refractivity contribution is 0.213. The van der Waals surface area contributed by atoms with E-state index in [4.69, 9.17) is 4.74 Å². The van der Waals surface area contributed by atoms with Crippen LogP contribution in [0.3, 0.4) is 0 Å². The Hall–Kier alpha value is -2.01. The second kappa shape index (κ2) is 4.67. The second-order valence-corrected chi connectivity index (χ2v) is 3.19. The van der Waals surface area contributed by atoms with Crippen LogP contribution >= 0.6 is 0 Å². The standard InChI is InChI=1S/C11H11N3O2/c1-16-10-5-4-9(13-14-10)11(15)8-3-2-6-12-7-8/h2-7,11,15H,1H3. The number of pyridine rings is 1. The molecule has 1 N–H and O–H groups in total. The van der Waals surface area contributed by atoms with E-state index in [-0.39, 0.29) is 0 Å². The third-order valence-electron chi connectivity index (χ3n) is 2.15. The van der Waals surface area contributed by atoms with Gasteiger partial charge in [0.1, 0.15) is 6.10 Å². The summed E-state index contributed by atoms with van der Waals surface area (Å²) < 4.78 is 4.89. The Bertz CT molecular complexity index is 445. The minimum atomic E-state index is -0.813. The lowest BCUT2D eigenvalue weighted by atomic mass is 10.1. The Morgan fingerprint density at radius 3 is 2.69 bits per heavy atom. The fourth-order valence-electron chi connectivity index (χ4n) is 1.29. The largest absolute Gasteiger partial charge is 0.480 e. The summed E-state index contributed by atoms with van der Waals surface area (Å²) in [4.78, 5) is 3.93. The van der Waals surface area contributed by atoms with E-state index in [1.54, 1.807) is 36.7 Å². The van der Waals surface area contributed by atoms with Gasteiger partial charge in [0.05, 0.1) is 12.8 Å². The van der Waals surface area contributed by atoms with Gasteiger partial charge in [-0.25, -0.2) is 0 Å². The van der Waals surface area contributed by atoms with Crippen LogP contribution in [0.4, 0.5) is 0 Å². The summed E-state index contributed by atoms with van der Waals surface area (Å²) in [5.41, 5.74) is 1.15. The lowest BCUT2D eigenvalue weighted by Crippen LogP contribution is -2.04. The summed E-state index contributed by atoms with van der Waals surface area (Å²) in [6.07, 6.45) is 2.43. The van der Waals surface area contributed by atoms with Crippen molar-refractivity contribution in [1.82, 2.24) is 15.2 Å². The highest BCUT2D eigenvalue weighted by molar-refractivity contribution is 5.23. The van der Waals surface area contributed by atoms with E-state index in [0.29, 0.717) is 17.1 Å². The van der Waals surface area contributed by atoms with Gasteiger partial charge in [0.2, 0.25) is 5.88 Å². The number of ether oxygens (including phenoxy) is 1. The molecule has 2 aromatic rings. The van der Waals surface area contributed by atoms with E-state index in [1.165, 1.54) is 7.11 Å². The molecule has 0 aliphatic heterocycles. The zero-order valence-corrected chi connectivity index (χ0v) is 8.74. The molecular weight excluding hydrogens is 206 g/mol. The van der Waals surface area contributed by atoms with Gasteiger partial charge in [-0.2, -0.15) is 0 Å². The topological polar surface area (TPSA) is 68.1 Å². The molecule has 0 fully saturated rings. The van der Waals surface area contributed by atoms with E-state index in [9.17, 15) is 5.11 Å². The fourth-order valence-corrected chi connectivity index (χ4v) is 1.29. The summed E-state index contributed by atoms with van der Waals surface area (Å²) in [5.74, 6) is 0.419. The fraction of sp³-hybridized carbons (Fsp3) is 0.182. The maximum atomic E-state index is 9.97. The quantitative estimate of drug-likeness (QED) is 0.829. The van der Waals surface area contributed by atoms with Crippen LogP contribution in [0.5, 0.6) is 5.88 Å². The summed E-state index contributed by atoms with van der Waals surface area (Å²) in [7, 11) is 1.52. The minimum absolute atomic E-state index is 0.419. The minimum Gasteiger partial charge on any atom is -0.480 e. The molecule has 2 rings (SSSR count). The highest BCUT2D eigenvalue weighted by Gasteiger charge is 2.12. The van der Waals surface area contributed by atoms with Gasteiger partial charge in [0.15, 0.2) is 0 Å². The summed E-state index contributed by atoms with van der Waals surface area (Å²) >= 11 is 0. The van der Waals surface area contributed by atoms with Gasteiger partial charge in [0, 0.05) is 24.0 Å². The van der Waals surface area contributed by atoms with E-state index in [0.717, 1.165) is 0 Å². The SMILES string of the molecule is COc1ccc(C(O)c2cccnc2)nn1. The monoisotopic (exact) mass is 217 g/mol. The van der Waals surface area contributed by atoms with E-state index in [2.05, 4.69) is 15.2 Å². The third kappa shape index (κ3) is 2.14. The molecule has 1 unspecified atom stereocenters. The van der Waals surface area contributed by atoms with Crippen molar-refractivity contribution < 1.29 is 9.84 Å². The van der Waals surface area contributed by atoms with Gasteiger partial charge in [-0.3, -0.25) is 4.98 Å². The molecule has 82 valence electrons. The first-order valence-corrected chi connectivity index (χ1v) is 4.77. The van der Waals surface area contributed by atoms with Crippen LogP contribution in [0, 0.1) is 0 Å². The molecule has 0 bridgehead atoms. The van der Waals surface area contributed by atoms with Crippen molar-refractivity contribution in [2.75, 3.05) is 7.11 Å². The van der Waals surface area contributed by atoms with Gasteiger partial charge in [-0.15, -0.1) is 10.2 Å². The van der Waals surface area contributed by atoms with Crippen LogP contribution in [0.25, 0.3) is 0 Å². The number of aromatic nitrogens is 3. The molecule has 0 spiro atoms. The molecule has 16 heavy (non-hydrogen) atoms. The molecule has 0 aliphatic carbocycles. The molecule has 0 aromatic carbocycles. The smallest absolute Gasteiger partial charge is 0.233 e. The molecular formula is C11H11N3O2. The van der Waals surface area contributed by atoms with Crippen molar-refractivity contribution in [3.8, 4) is 5.88 Å². The van der Waals surface area contributed by atoms with E-state index < -0.39 is 6.10 Å². The first-order valence-electron chi connectivity index (χ1n) is 4.77. The zero-order valence-electron chi connectivity index (χ0n) is 8.74. The molecule has 0 radical (unpaired) electrons. The van der Waals surface area contributed by atoms with Crippen LogP contribution in [-0.2, 0) is 0 Å². The van der Waals surface area contributed by atoms with Gasteiger partial charge in [0.25, 0.3) is 0 Å². The molecule has 1 atom stereocenters. The van der Waals surface area contributed by atoms with Gasteiger partial charge in [-0.1, -0.05) is 6.07 Å². The van der Waals surface area contributed by atoms with Crippen molar-refractivity contribution >= 4 is 0 Å². The lowest BCUT2D eigenvalue weighted by Gasteiger charge is -2.09. The number of aliphatic hydroxyl groups is 1. The van der Waals surface area contributed by atoms with Crippen molar-refractivity contribution in [2.45, 2.75) is 6.10 Å². The summed E-state index contributed by atoms with van der Waals surface area (Å²) in [6, 6.07) is 6.87. The number of aliphatic hydroxyl groups excluding tert-OH is 1. The highest BCUT2D eigenvalue weighted by atomic mass is 16.5. The predicted molar refractivity (Wildman–Crippen MR) is 56.9 cm³/mol. The number of nitrogens with zero attached hydrogens (tertiary/aromatic N) is 3. The van der Waals surface area contributed by atoms with E-state index >= 15 is 0 Å².